The second-order valence-electron chi connectivity index (χ2n) is 2.49. The van der Waals surface area contributed by atoms with Crippen molar-refractivity contribution >= 4 is 38.5 Å². The van der Waals surface area contributed by atoms with Crippen molar-refractivity contribution in [2.75, 3.05) is 0 Å². The zero-order valence-corrected chi connectivity index (χ0v) is 10.2. The van der Waals surface area contributed by atoms with Gasteiger partial charge in [0.2, 0.25) is 0 Å². The monoisotopic (exact) mass is 349 g/mol. The molecule has 0 unspecified atom stereocenters. The van der Waals surface area contributed by atoms with Crippen LogP contribution in [0.15, 0.2) is 39.7 Å². The van der Waals surface area contributed by atoms with E-state index in [0.29, 0.717) is 4.80 Å². The first kappa shape index (κ1) is 9.21. The first-order chi connectivity index (χ1) is 6.25. The van der Waals surface area contributed by atoms with Crippen molar-refractivity contribution < 1.29 is 4.42 Å². The van der Waals surface area contributed by atoms with Gasteiger partial charge in [-0.3, -0.25) is 0 Å². The third-order valence-corrected chi connectivity index (χ3v) is 2.62. The van der Waals surface area contributed by atoms with Crippen LogP contribution in [0.4, 0.5) is 0 Å². The van der Waals surface area contributed by atoms with Gasteiger partial charge in [-0.15, -0.1) is 0 Å². The Morgan fingerprint density at radius 1 is 1.38 bits per heavy atom. The normalized spacial score (nSPS) is 10.3. The van der Waals surface area contributed by atoms with Gasteiger partial charge in [-0.1, -0.05) is 12.1 Å². The van der Waals surface area contributed by atoms with Crippen LogP contribution in [0, 0.1) is 3.57 Å². The molecule has 0 aliphatic heterocycles. The molecule has 2 aromatic rings. The second-order valence-corrected chi connectivity index (χ2v) is 4.41. The molecule has 2 rings (SSSR count). The van der Waals surface area contributed by atoms with Crippen LogP contribution in [0.2, 0.25) is 0 Å². The predicted octanol–water partition coefficient (Wildman–Crippen LogP) is 3.71. The lowest BCUT2D eigenvalue weighted by molar-refractivity contribution is 0.542. The number of rotatable bonds is 1. The Hall–Kier alpha value is -0.360. The summed E-state index contributed by atoms with van der Waals surface area (Å²) in [5.41, 5.74) is 1.05. The molecule has 0 spiro atoms. The topological polar surface area (TPSA) is 26.0 Å². The van der Waals surface area contributed by atoms with Gasteiger partial charge in [0.15, 0.2) is 5.76 Å². The second kappa shape index (κ2) is 3.79. The van der Waals surface area contributed by atoms with Crippen molar-refractivity contribution in [3.05, 3.63) is 38.8 Å². The van der Waals surface area contributed by atoms with Crippen LogP contribution in [0.1, 0.15) is 0 Å². The molecule has 0 bridgehead atoms. The Balaban J connectivity index is 2.46. The molecule has 0 saturated carbocycles. The van der Waals surface area contributed by atoms with E-state index in [1.54, 1.807) is 6.20 Å². The number of nitrogens with zero attached hydrogens (tertiary/aromatic N) is 1. The van der Waals surface area contributed by atoms with E-state index in [0.717, 1.165) is 11.3 Å². The van der Waals surface area contributed by atoms with Crippen LogP contribution in [0.3, 0.4) is 0 Å². The van der Waals surface area contributed by atoms with Gasteiger partial charge in [0.25, 0.3) is 4.80 Å². The number of benzene rings is 1. The van der Waals surface area contributed by atoms with E-state index in [4.69, 9.17) is 4.42 Å². The van der Waals surface area contributed by atoms with Crippen LogP contribution in [0.25, 0.3) is 11.3 Å². The molecular weight excluding hydrogens is 345 g/mol. The maximum Gasteiger partial charge on any atom is 0.264 e. The lowest BCUT2D eigenvalue weighted by Gasteiger charge is -1.95. The standard InChI is InChI=1S/C9H5BrINO/c10-9-12-5-8(13-9)6-2-1-3-7(11)4-6/h1-5H. The van der Waals surface area contributed by atoms with Crippen LogP contribution in [-0.2, 0) is 0 Å². The van der Waals surface area contributed by atoms with Crippen molar-refractivity contribution in [3.8, 4) is 11.3 Å². The molecule has 1 heterocycles. The summed E-state index contributed by atoms with van der Waals surface area (Å²) in [5.74, 6) is 0.783. The Kier molecular flexibility index (Phi) is 2.69. The summed E-state index contributed by atoms with van der Waals surface area (Å²) in [4.78, 5) is 4.49. The summed E-state index contributed by atoms with van der Waals surface area (Å²) >= 11 is 5.43. The number of aromatic nitrogens is 1. The summed E-state index contributed by atoms with van der Waals surface area (Å²) in [5, 5.41) is 0. The van der Waals surface area contributed by atoms with E-state index in [-0.39, 0.29) is 0 Å². The average molecular weight is 350 g/mol. The number of hydrogen-bond acceptors (Lipinski definition) is 2. The molecule has 0 aliphatic rings. The fourth-order valence-corrected chi connectivity index (χ4v) is 1.85. The molecule has 66 valence electrons. The average Bonchev–Trinajstić information content (AvgIpc) is 2.52. The molecule has 4 heteroatoms. The predicted molar refractivity (Wildman–Crippen MR) is 62.4 cm³/mol. The fourth-order valence-electron chi connectivity index (χ4n) is 1.03. The highest BCUT2D eigenvalue weighted by Crippen LogP contribution is 2.23. The molecule has 0 radical (unpaired) electrons. The smallest absolute Gasteiger partial charge is 0.264 e. The van der Waals surface area contributed by atoms with Gasteiger partial charge in [-0.25, -0.2) is 4.98 Å². The highest BCUT2D eigenvalue weighted by Gasteiger charge is 2.03. The van der Waals surface area contributed by atoms with Crippen molar-refractivity contribution in [1.82, 2.24) is 4.98 Å². The lowest BCUT2D eigenvalue weighted by atomic mass is 10.2. The van der Waals surface area contributed by atoms with Gasteiger partial charge in [0.1, 0.15) is 0 Å². The van der Waals surface area contributed by atoms with Gasteiger partial charge < -0.3 is 4.42 Å². The van der Waals surface area contributed by atoms with E-state index in [1.807, 2.05) is 24.3 Å². The third-order valence-electron chi connectivity index (χ3n) is 1.59. The van der Waals surface area contributed by atoms with E-state index in [2.05, 4.69) is 43.5 Å². The number of hydrogen-bond donors (Lipinski definition) is 0. The fraction of sp³-hybridized carbons (Fsp3) is 0. The van der Waals surface area contributed by atoms with Crippen LogP contribution < -0.4 is 0 Å². The maximum atomic E-state index is 5.33. The minimum Gasteiger partial charge on any atom is -0.431 e. The van der Waals surface area contributed by atoms with Crippen molar-refractivity contribution in [2.45, 2.75) is 0 Å². The molecule has 0 fully saturated rings. The zero-order valence-electron chi connectivity index (χ0n) is 6.50. The molecule has 0 aliphatic carbocycles. The summed E-state index contributed by atoms with van der Waals surface area (Å²) in [6.45, 7) is 0. The quantitative estimate of drug-likeness (QED) is 0.733. The molecule has 0 atom stereocenters. The molecule has 1 aromatic heterocycles. The molecule has 2 nitrogen and oxygen atoms in total. The summed E-state index contributed by atoms with van der Waals surface area (Å²) < 4.78 is 6.51. The maximum absolute atomic E-state index is 5.33. The Bertz CT molecular complexity index is 427. The van der Waals surface area contributed by atoms with E-state index < -0.39 is 0 Å². The Morgan fingerprint density at radius 3 is 2.85 bits per heavy atom. The molecule has 0 amide bonds. The summed E-state index contributed by atoms with van der Waals surface area (Å²) in [6.07, 6.45) is 1.70. The third kappa shape index (κ3) is 2.11. The minimum atomic E-state index is 0.515. The minimum absolute atomic E-state index is 0.515. The number of oxazole rings is 1. The van der Waals surface area contributed by atoms with Crippen LogP contribution in [0.5, 0.6) is 0 Å². The van der Waals surface area contributed by atoms with Crippen molar-refractivity contribution in [1.29, 1.82) is 0 Å². The van der Waals surface area contributed by atoms with E-state index in [1.165, 1.54) is 3.57 Å². The van der Waals surface area contributed by atoms with Gasteiger partial charge in [-0.05, 0) is 34.7 Å². The highest BCUT2D eigenvalue weighted by atomic mass is 127. The number of halogens is 2. The van der Waals surface area contributed by atoms with Crippen molar-refractivity contribution in [2.24, 2.45) is 0 Å². The molecule has 1 aromatic carbocycles. The largest absolute Gasteiger partial charge is 0.431 e. The van der Waals surface area contributed by atoms with E-state index in [9.17, 15) is 0 Å². The SMILES string of the molecule is Brc1ncc(-c2cccc(I)c2)o1. The van der Waals surface area contributed by atoms with Crippen molar-refractivity contribution in [3.63, 3.8) is 0 Å². The highest BCUT2D eigenvalue weighted by molar-refractivity contribution is 14.1. The van der Waals surface area contributed by atoms with E-state index >= 15 is 0 Å². The Morgan fingerprint density at radius 2 is 2.23 bits per heavy atom. The summed E-state index contributed by atoms with van der Waals surface area (Å²) in [6, 6.07) is 8.08. The molecule has 13 heavy (non-hydrogen) atoms. The molecular formula is C9H5BrINO. The van der Waals surface area contributed by atoms with Crippen LogP contribution in [-0.4, -0.2) is 4.98 Å². The van der Waals surface area contributed by atoms with Gasteiger partial charge in [-0.2, -0.15) is 0 Å². The first-order valence-electron chi connectivity index (χ1n) is 3.63. The molecule has 0 N–H and O–H groups in total. The van der Waals surface area contributed by atoms with Gasteiger partial charge in [0.05, 0.1) is 6.20 Å². The first-order valence-corrected chi connectivity index (χ1v) is 5.50. The van der Waals surface area contributed by atoms with Gasteiger partial charge >= 0.3 is 0 Å². The lowest BCUT2D eigenvalue weighted by Crippen LogP contribution is -1.74. The van der Waals surface area contributed by atoms with Gasteiger partial charge in [0, 0.05) is 25.1 Å². The Labute approximate surface area is 97.6 Å². The van der Waals surface area contributed by atoms with Crippen LogP contribution >= 0.6 is 38.5 Å². The zero-order chi connectivity index (χ0) is 9.26. The summed E-state index contributed by atoms with van der Waals surface area (Å²) in [7, 11) is 0. The molecule has 0 saturated heterocycles.